The average Bonchev–Trinajstić information content (AvgIpc) is 2.70. The van der Waals surface area contributed by atoms with E-state index in [1.165, 1.54) is 4.68 Å². The van der Waals surface area contributed by atoms with Crippen molar-refractivity contribution in [3.05, 3.63) is 17.0 Å². The molecule has 4 nitrogen and oxygen atoms in total. The highest BCUT2D eigenvalue weighted by atomic mass is 19.4. The number of aliphatic hydroxyl groups excluding tert-OH is 1. The van der Waals surface area contributed by atoms with Crippen LogP contribution in [0.4, 0.5) is 13.2 Å². The van der Waals surface area contributed by atoms with Gasteiger partial charge in [0.25, 0.3) is 0 Å². The fourth-order valence-electron chi connectivity index (χ4n) is 2.84. The van der Waals surface area contributed by atoms with E-state index >= 15 is 0 Å². The highest BCUT2D eigenvalue weighted by Gasteiger charge is 2.41. The Morgan fingerprint density at radius 1 is 1.42 bits per heavy atom. The van der Waals surface area contributed by atoms with Crippen LogP contribution in [0.5, 0.6) is 0 Å². The topological polar surface area (TPSA) is 64.1 Å². The Morgan fingerprint density at radius 3 is 2.74 bits per heavy atom. The maximum absolute atomic E-state index is 13.1. The zero-order chi connectivity index (χ0) is 14.0. The van der Waals surface area contributed by atoms with Crippen molar-refractivity contribution < 1.29 is 18.3 Å². The van der Waals surface area contributed by atoms with Gasteiger partial charge in [0.2, 0.25) is 0 Å². The number of rotatable bonds is 4. The number of nitrogens with two attached hydrogens (primary N) is 1. The highest BCUT2D eigenvalue weighted by Crippen LogP contribution is 2.42. The normalized spacial score (nSPS) is 19.5. The molecule has 0 saturated carbocycles. The Morgan fingerprint density at radius 2 is 2.16 bits per heavy atom. The first-order chi connectivity index (χ1) is 8.99. The molecular formula is C12H18F3N3O. The fourth-order valence-corrected chi connectivity index (χ4v) is 2.84. The largest absolute Gasteiger partial charge is 0.435 e. The van der Waals surface area contributed by atoms with Crippen LogP contribution in [0.3, 0.4) is 0 Å². The third-order valence-corrected chi connectivity index (χ3v) is 3.57. The molecule has 0 aliphatic heterocycles. The quantitative estimate of drug-likeness (QED) is 0.879. The molecule has 1 aromatic rings. The van der Waals surface area contributed by atoms with E-state index in [1.54, 1.807) is 0 Å². The molecule has 1 heterocycles. The Labute approximate surface area is 109 Å². The molecule has 0 bridgehead atoms. The molecule has 0 radical (unpaired) electrons. The van der Waals surface area contributed by atoms with Gasteiger partial charge in [-0.2, -0.15) is 18.3 Å². The van der Waals surface area contributed by atoms with Crippen LogP contribution in [0.1, 0.15) is 42.1 Å². The monoisotopic (exact) mass is 277 g/mol. The van der Waals surface area contributed by atoms with Crippen molar-refractivity contribution in [2.75, 3.05) is 13.2 Å². The highest BCUT2D eigenvalue weighted by molar-refractivity contribution is 5.34. The van der Waals surface area contributed by atoms with Gasteiger partial charge >= 0.3 is 6.18 Å². The van der Waals surface area contributed by atoms with Gasteiger partial charge < -0.3 is 10.8 Å². The van der Waals surface area contributed by atoms with Crippen LogP contribution in [0.2, 0.25) is 0 Å². The summed E-state index contributed by atoms with van der Waals surface area (Å²) in [6.45, 7) is 0.257. The Kier molecular flexibility index (Phi) is 4.15. The molecule has 0 spiro atoms. The molecule has 19 heavy (non-hydrogen) atoms. The van der Waals surface area contributed by atoms with E-state index in [0.29, 0.717) is 30.6 Å². The minimum absolute atomic E-state index is 0.105. The zero-order valence-electron chi connectivity index (χ0n) is 10.6. The van der Waals surface area contributed by atoms with Crippen LogP contribution in [0.15, 0.2) is 0 Å². The maximum atomic E-state index is 13.1. The summed E-state index contributed by atoms with van der Waals surface area (Å²) >= 11 is 0. The molecule has 0 amide bonds. The van der Waals surface area contributed by atoms with E-state index in [1.807, 2.05) is 0 Å². The van der Waals surface area contributed by atoms with Crippen LogP contribution in [0.25, 0.3) is 0 Å². The molecule has 2 rings (SSSR count). The number of aromatic nitrogens is 2. The van der Waals surface area contributed by atoms with Crippen LogP contribution in [0, 0.1) is 0 Å². The third-order valence-electron chi connectivity index (χ3n) is 3.57. The number of hydrogen-bond donors (Lipinski definition) is 2. The molecule has 7 heteroatoms. The van der Waals surface area contributed by atoms with E-state index in [2.05, 4.69) is 5.10 Å². The third kappa shape index (κ3) is 2.76. The standard InChI is InChI=1S/C12H18F3N3O/c13-12(14,15)11-10-8(4-5-16)2-1-3-9(10)18(17-11)6-7-19/h8,19H,1-7,16H2. The number of nitrogens with zero attached hydrogens (tertiary/aromatic N) is 2. The number of aliphatic hydroxyl groups is 1. The maximum Gasteiger partial charge on any atom is 0.435 e. The molecule has 1 aromatic heterocycles. The molecule has 3 N–H and O–H groups in total. The Hall–Kier alpha value is -1.08. The van der Waals surface area contributed by atoms with E-state index in [9.17, 15) is 13.2 Å². The Bertz CT molecular complexity index is 442. The summed E-state index contributed by atoms with van der Waals surface area (Å²) in [4.78, 5) is 0. The van der Waals surface area contributed by atoms with Crippen molar-refractivity contribution in [1.29, 1.82) is 0 Å². The molecule has 108 valence electrons. The van der Waals surface area contributed by atoms with Crippen LogP contribution >= 0.6 is 0 Å². The van der Waals surface area contributed by atoms with Crippen molar-refractivity contribution >= 4 is 0 Å². The number of fused-ring (bicyclic) bond motifs is 1. The minimum atomic E-state index is -4.45. The summed E-state index contributed by atoms with van der Waals surface area (Å²) in [5.41, 5.74) is 5.62. The van der Waals surface area contributed by atoms with Gasteiger partial charge in [0, 0.05) is 11.3 Å². The van der Waals surface area contributed by atoms with E-state index < -0.39 is 11.9 Å². The summed E-state index contributed by atoms with van der Waals surface area (Å²) < 4.78 is 40.5. The van der Waals surface area contributed by atoms with Gasteiger partial charge in [-0.15, -0.1) is 0 Å². The second kappa shape index (κ2) is 5.50. The summed E-state index contributed by atoms with van der Waals surface area (Å²) in [5.74, 6) is -0.169. The van der Waals surface area contributed by atoms with Crippen molar-refractivity contribution in [2.45, 2.75) is 44.3 Å². The fraction of sp³-hybridized carbons (Fsp3) is 0.750. The summed E-state index contributed by atoms with van der Waals surface area (Å²) in [5, 5.41) is 12.6. The molecule has 1 aliphatic carbocycles. The van der Waals surface area contributed by atoms with Crippen molar-refractivity contribution in [1.82, 2.24) is 9.78 Å². The van der Waals surface area contributed by atoms with Crippen molar-refractivity contribution in [2.24, 2.45) is 5.73 Å². The van der Waals surface area contributed by atoms with Gasteiger partial charge in [0.05, 0.1) is 13.2 Å². The molecule has 0 saturated heterocycles. The lowest BCUT2D eigenvalue weighted by Crippen LogP contribution is -2.18. The van der Waals surface area contributed by atoms with Crippen LogP contribution in [-0.4, -0.2) is 28.0 Å². The predicted molar refractivity (Wildman–Crippen MR) is 63.7 cm³/mol. The van der Waals surface area contributed by atoms with Gasteiger partial charge in [0.15, 0.2) is 5.69 Å². The molecule has 1 aliphatic rings. The molecular weight excluding hydrogens is 259 g/mol. The number of hydrogen-bond acceptors (Lipinski definition) is 3. The molecule has 0 fully saturated rings. The summed E-state index contributed by atoms with van der Waals surface area (Å²) in [7, 11) is 0. The lowest BCUT2D eigenvalue weighted by atomic mass is 9.83. The first-order valence-corrected chi connectivity index (χ1v) is 6.46. The van der Waals surface area contributed by atoms with Gasteiger partial charge in [-0.3, -0.25) is 4.68 Å². The van der Waals surface area contributed by atoms with E-state index in [0.717, 1.165) is 12.8 Å². The van der Waals surface area contributed by atoms with Crippen LogP contribution in [-0.2, 0) is 19.1 Å². The second-order valence-electron chi connectivity index (χ2n) is 4.82. The first-order valence-electron chi connectivity index (χ1n) is 6.46. The van der Waals surface area contributed by atoms with E-state index in [-0.39, 0.29) is 19.1 Å². The van der Waals surface area contributed by atoms with Gasteiger partial charge in [-0.25, -0.2) is 0 Å². The minimum Gasteiger partial charge on any atom is -0.394 e. The summed E-state index contributed by atoms with van der Waals surface area (Å²) in [6, 6.07) is 0. The van der Waals surface area contributed by atoms with Gasteiger partial charge in [-0.05, 0) is 38.1 Å². The first kappa shape index (κ1) is 14.3. The summed E-state index contributed by atoms with van der Waals surface area (Å²) in [6.07, 6.45) is -1.76. The lowest BCUT2D eigenvalue weighted by molar-refractivity contribution is -0.142. The van der Waals surface area contributed by atoms with Crippen molar-refractivity contribution in [3.8, 4) is 0 Å². The SMILES string of the molecule is NCCC1CCCc2c1c(C(F)(F)F)nn2CCO. The van der Waals surface area contributed by atoms with Crippen LogP contribution < -0.4 is 5.73 Å². The average molecular weight is 277 g/mol. The van der Waals surface area contributed by atoms with Crippen molar-refractivity contribution in [3.63, 3.8) is 0 Å². The van der Waals surface area contributed by atoms with Gasteiger partial charge in [0.1, 0.15) is 0 Å². The molecule has 1 unspecified atom stereocenters. The lowest BCUT2D eigenvalue weighted by Gasteiger charge is -2.24. The number of alkyl halides is 3. The molecule has 1 atom stereocenters. The smallest absolute Gasteiger partial charge is 0.394 e. The number of halogens is 3. The Balaban J connectivity index is 2.49. The zero-order valence-corrected chi connectivity index (χ0v) is 10.6. The molecule has 0 aromatic carbocycles. The second-order valence-corrected chi connectivity index (χ2v) is 4.82. The van der Waals surface area contributed by atoms with Gasteiger partial charge in [-0.1, -0.05) is 0 Å². The van der Waals surface area contributed by atoms with E-state index in [4.69, 9.17) is 10.8 Å². The predicted octanol–water partition coefficient (Wildman–Crippen LogP) is 1.66.